The monoisotopic (exact) mass is 378 g/mol. The van der Waals surface area contributed by atoms with Crippen LogP contribution >= 0.6 is 0 Å². The third-order valence-electron chi connectivity index (χ3n) is 4.10. The summed E-state index contributed by atoms with van der Waals surface area (Å²) in [6, 6.07) is 7.16. The molecule has 0 fully saturated rings. The lowest BCUT2D eigenvalue weighted by Gasteiger charge is -2.10. The van der Waals surface area contributed by atoms with Crippen LogP contribution in [0.3, 0.4) is 0 Å². The molecule has 1 heterocycles. The van der Waals surface area contributed by atoms with Gasteiger partial charge in [0.05, 0.1) is 17.7 Å². The Morgan fingerprint density at radius 2 is 1.96 bits per heavy atom. The van der Waals surface area contributed by atoms with E-state index in [1.807, 2.05) is 6.92 Å². The summed E-state index contributed by atoms with van der Waals surface area (Å²) in [5.74, 6) is 0.00462. The van der Waals surface area contributed by atoms with Gasteiger partial charge in [0.1, 0.15) is 28.7 Å². The summed E-state index contributed by atoms with van der Waals surface area (Å²) < 4.78 is 49.7. The SMILES string of the molecule is CCCCOc1cc(O)c2c(=O)c(-c3cccc(C(F)(F)F)c3)coc2c1. The Bertz CT molecular complexity index is 1020. The van der Waals surface area contributed by atoms with E-state index in [-0.39, 0.29) is 27.8 Å². The number of ether oxygens (including phenoxy) is 1. The minimum Gasteiger partial charge on any atom is -0.507 e. The molecule has 0 aliphatic rings. The van der Waals surface area contributed by atoms with Crippen LogP contribution in [-0.4, -0.2) is 11.7 Å². The third-order valence-corrected chi connectivity index (χ3v) is 4.10. The first-order valence-corrected chi connectivity index (χ1v) is 8.40. The van der Waals surface area contributed by atoms with Crippen molar-refractivity contribution < 1.29 is 27.4 Å². The number of unbranched alkanes of at least 4 members (excludes halogenated alkanes) is 1. The molecular formula is C20H17F3O4. The Morgan fingerprint density at radius 1 is 1.19 bits per heavy atom. The maximum absolute atomic E-state index is 12.9. The van der Waals surface area contributed by atoms with Gasteiger partial charge in [-0.1, -0.05) is 25.5 Å². The number of aromatic hydroxyl groups is 1. The topological polar surface area (TPSA) is 59.7 Å². The smallest absolute Gasteiger partial charge is 0.416 e. The average Bonchev–Trinajstić information content (AvgIpc) is 2.61. The fourth-order valence-electron chi connectivity index (χ4n) is 2.69. The summed E-state index contributed by atoms with van der Waals surface area (Å²) in [7, 11) is 0. The van der Waals surface area contributed by atoms with Crippen LogP contribution in [0.15, 0.2) is 51.9 Å². The normalized spacial score (nSPS) is 11.7. The molecule has 3 rings (SSSR count). The Hall–Kier alpha value is -2.96. The van der Waals surface area contributed by atoms with E-state index in [0.717, 1.165) is 31.2 Å². The van der Waals surface area contributed by atoms with Crippen LogP contribution in [0.1, 0.15) is 25.3 Å². The van der Waals surface area contributed by atoms with Crippen LogP contribution < -0.4 is 10.2 Å². The van der Waals surface area contributed by atoms with E-state index in [0.29, 0.717) is 12.4 Å². The van der Waals surface area contributed by atoms with Crippen molar-refractivity contribution in [2.24, 2.45) is 0 Å². The first-order chi connectivity index (χ1) is 12.8. The lowest BCUT2D eigenvalue weighted by atomic mass is 10.0. The second-order valence-electron chi connectivity index (χ2n) is 6.07. The molecule has 27 heavy (non-hydrogen) atoms. The minimum atomic E-state index is -4.53. The van der Waals surface area contributed by atoms with E-state index in [2.05, 4.69) is 0 Å². The lowest BCUT2D eigenvalue weighted by molar-refractivity contribution is -0.137. The van der Waals surface area contributed by atoms with Gasteiger partial charge in [0.15, 0.2) is 0 Å². The Kier molecular flexibility index (Phi) is 5.12. The number of phenolic OH excluding ortho intramolecular Hbond substituents is 1. The molecule has 0 saturated heterocycles. The molecule has 0 atom stereocenters. The third kappa shape index (κ3) is 3.92. The van der Waals surface area contributed by atoms with Crippen LogP contribution in [-0.2, 0) is 6.18 Å². The van der Waals surface area contributed by atoms with Crippen molar-refractivity contribution in [1.82, 2.24) is 0 Å². The second-order valence-corrected chi connectivity index (χ2v) is 6.07. The van der Waals surface area contributed by atoms with E-state index in [1.54, 1.807) is 0 Å². The zero-order valence-corrected chi connectivity index (χ0v) is 14.5. The number of alkyl halides is 3. The fourth-order valence-corrected chi connectivity index (χ4v) is 2.69. The molecule has 4 nitrogen and oxygen atoms in total. The molecule has 7 heteroatoms. The van der Waals surface area contributed by atoms with Crippen molar-refractivity contribution in [3.8, 4) is 22.6 Å². The molecule has 0 amide bonds. The fraction of sp³-hybridized carbons (Fsp3) is 0.250. The van der Waals surface area contributed by atoms with Gasteiger partial charge in [-0.05, 0) is 24.1 Å². The van der Waals surface area contributed by atoms with Crippen LogP contribution in [0, 0.1) is 0 Å². The van der Waals surface area contributed by atoms with Crippen molar-refractivity contribution in [2.45, 2.75) is 25.9 Å². The lowest BCUT2D eigenvalue weighted by Crippen LogP contribution is -2.08. The van der Waals surface area contributed by atoms with Crippen LogP contribution in [0.5, 0.6) is 11.5 Å². The number of benzene rings is 2. The molecule has 0 aliphatic carbocycles. The standard InChI is InChI=1S/C20H17F3O4/c1-2-3-7-26-14-9-16(24)18-17(10-14)27-11-15(19(18)25)12-5-4-6-13(8-12)20(21,22)23/h4-6,8-11,24H,2-3,7H2,1H3. The van der Waals surface area contributed by atoms with Crippen molar-refractivity contribution in [1.29, 1.82) is 0 Å². The predicted octanol–water partition coefficient (Wildman–Crippen LogP) is 5.36. The maximum Gasteiger partial charge on any atom is 0.416 e. The van der Waals surface area contributed by atoms with E-state index < -0.39 is 17.2 Å². The van der Waals surface area contributed by atoms with E-state index >= 15 is 0 Å². The number of hydrogen-bond donors (Lipinski definition) is 1. The number of phenols is 1. The van der Waals surface area contributed by atoms with Crippen molar-refractivity contribution in [2.75, 3.05) is 6.61 Å². The molecule has 1 N–H and O–H groups in total. The summed E-state index contributed by atoms with van der Waals surface area (Å²) in [4.78, 5) is 12.7. The molecular weight excluding hydrogens is 361 g/mol. The zero-order chi connectivity index (χ0) is 19.6. The highest BCUT2D eigenvalue weighted by Gasteiger charge is 2.30. The van der Waals surface area contributed by atoms with Gasteiger partial charge in [0, 0.05) is 12.1 Å². The van der Waals surface area contributed by atoms with Gasteiger partial charge in [-0.25, -0.2) is 0 Å². The molecule has 2 aromatic carbocycles. The number of rotatable bonds is 5. The number of halogens is 3. The highest BCUT2D eigenvalue weighted by Crippen LogP contribution is 2.33. The first kappa shape index (κ1) is 18.8. The van der Waals surface area contributed by atoms with Gasteiger partial charge >= 0.3 is 6.18 Å². The van der Waals surface area contributed by atoms with E-state index in [4.69, 9.17) is 9.15 Å². The first-order valence-electron chi connectivity index (χ1n) is 8.40. The van der Waals surface area contributed by atoms with E-state index in [9.17, 15) is 23.1 Å². The summed E-state index contributed by atoms with van der Waals surface area (Å²) in [5, 5.41) is 10.1. The Morgan fingerprint density at radius 3 is 2.67 bits per heavy atom. The predicted molar refractivity (Wildman–Crippen MR) is 95.0 cm³/mol. The quantitative estimate of drug-likeness (QED) is 0.607. The highest BCUT2D eigenvalue weighted by molar-refractivity contribution is 5.88. The zero-order valence-electron chi connectivity index (χ0n) is 14.5. The summed E-state index contributed by atoms with van der Waals surface area (Å²) in [6.45, 7) is 2.46. The maximum atomic E-state index is 12.9. The number of fused-ring (bicyclic) bond motifs is 1. The van der Waals surface area contributed by atoms with Crippen molar-refractivity contribution >= 4 is 11.0 Å². The Labute approximate surface area is 152 Å². The van der Waals surface area contributed by atoms with Gasteiger partial charge in [-0.2, -0.15) is 13.2 Å². The molecule has 0 saturated carbocycles. The molecule has 0 bridgehead atoms. The summed E-state index contributed by atoms with van der Waals surface area (Å²) in [6.07, 6.45) is -1.67. The van der Waals surface area contributed by atoms with Gasteiger partial charge < -0.3 is 14.3 Å². The van der Waals surface area contributed by atoms with Gasteiger partial charge in [0.25, 0.3) is 0 Å². The highest BCUT2D eigenvalue weighted by atomic mass is 19.4. The molecule has 0 unspecified atom stereocenters. The Balaban J connectivity index is 2.07. The van der Waals surface area contributed by atoms with Gasteiger partial charge in [0.2, 0.25) is 5.43 Å². The van der Waals surface area contributed by atoms with Crippen molar-refractivity contribution in [3.05, 3.63) is 58.4 Å². The molecule has 3 aromatic rings. The van der Waals surface area contributed by atoms with Gasteiger partial charge in [-0.3, -0.25) is 4.79 Å². The second kappa shape index (κ2) is 7.34. The van der Waals surface area contributed by atoms with Crippen molar-refractivity contribution in [3.63, 3.8) is 0 Å². The molecule has 1 aromatic heterocycles. The molecule has 0 radical (unpaired) electrons. The van der Waals surface area contributed by atoms with Crippen LogP contribution in [0.25, 0.3) is 22.1 Å². The average molecular weight is 378 g/mol. The minimum absolute atomic E-state index is 0.0585. The van der Waals surface area contributed by atoms with Crippen LogP contribution in [0.2, 0.25) is 0 Å². The number of hydrogen-bond acceptors (Lipinski definition) is 4. The van der Waals surface area contributed by atoms with Gasteiger partial charge in [-0.15, -0.1) is 0 Å². The summed E-state index contributed by atoms with van der Waals surface area (Å²) in [5.41, 5.74) is -1.40. The largest absolute Gasteiger partial charge is 0.507 e. The van der Waals surface area contributed by atoms with Crippen LogP contribution in [0.4, 0.5) is 13.2 Å². The molecule has 0 spiro atoms. The molecule has 142 valence electrons. The molecule has 0 aliphatic heterocycles. The van der Waals surface area contributed by atoms with E-state index in [1.165, 1.54) is 24.3 Å². The summed E-state index contributed by atoms with van der Waals surface area (Å²) >= 11 is 0.